The van der Waals surface area contributed by atoms with Gasteiger partial charge in [0.1, 0.15) is 15.8 Å². The molecule has 0 fully saturated rings. The highest BCUT2D eigenvalue weighted by Crippen LogP contribution is 2.46. The van der Waals surface area contributed by atoms with Crippen molar-refractivity contribution in [3.63, 3.8) is 0 Å². The molecule has 0 aliphatic heterocycles. The summed E-state index contributed by atoms with van der Waals surface area (Å²) in [5.41, 5.74) is -2.14. The predicted molar refractivity (Wildman–Crippen MR) is 136 cm³/mol. The van der Waals surface area contributed by atoms with E-state index in [1.54, 1.807) is 0 Å². The molecule has 0 saturated carbocycles. The summed E-state index contributed by atoms with van der Waals surface area (Å²) in [6.45, 7) is 3.80. The van der Waals surface area contributed by atoms with Crippen molar-refractivity contribution in [1.82, 2.24) is 20.4 Å². The molecule has 0 bridgehead atoms. The van der Waals surface area contributed by atoms with Crippen molar-refractivity contribution in [2.24, 2.45) is 0 Å². The summed E-state index contributed by atoms with van der Waals surface area (Å²) in [5.74, 6) is -16.1. The molecule has 0 saturated heterocycles. The number of benzene rings is 3. The highest BCUT2D eigenvalue weighted by molar-refractivity contribution is 7.15. The molecule has 0 aliphatic carbocycles. The molecular weight excluding hydrogens is 584 g/mol. The van der Waals surface area contributed by atoms with Gasteiger partial charge in [0, 0.05) is 29.0 Å². The number of hydrogen-bond acceptors (Lipinski definition) is 6. The summed E-state index contributed by atoms with van der Waals surface area (Å²) < 4.78 is 123. The second-order valence-corrected chi connectivity index (χ2v) is 11.1. The van der Waals surface area contributed by atoms with Crippen LogP contribution in [-0.2, 0) is 12.8 Å². The third-order valence-corrected chi connectivity index (χ3v) is 8.38. The van der Waals surface area contributed by atoms with E-state index in [0.717, 1.165) is 35.5 Å². The largest absolute Gasteiger partial charge is 0.205 e. The first-order valence-corrected chi connectivity index (χ1v) is 13.9. The number of aromatic nitrogens is 4. The third kappa shape index (κ3) is 4.41. The summed E-state index contributed by atoms with van der Waals surface area (Å²) in [5, 5.41) is 9.44. The SMILES string of the molecule is CCCCc1nnc(-c2c(F)c(F)c3c(F)c(F)c4c(-c5nnc(CCCC)s5)c(F)c(F)c(F)c4c3c2F)s1. The van der Waals surface area contributed by atoms with E-state index in [2.05, 4.69) is 20.4 Å². The van der Waals surface area contributed by atoms with E-state index in [1.165, 1.54) is 0 Å². The van der Waals surface area contributed by atoms with Crippen LogP contribution >= 0.6 is 22.7 Å². The minimum Gasteiger partial charge on any atom is -0.205 e. The molecule has 2 heterocycles. The molecule has 14 heteroatoms. The Bertz CT molecular complexity index is 1780. The molecule has 5 aromatic rings. The maximum absolute atomic E-state index is 16.0. The van der Waals surface area contributed by atoms with Gasteiger partial charge in [-0.15, -0.1) is 20.4 Å². The number of hydrogen-bond donors (Lipinski definition) is 0. The van der Waals surface area contributed by atoms with Crippen LogP contribution < -0.4 is 0 Å². The van der Waals surface area contributed by atoms with Gasteiger partial charge in [-0.25, -0.2) is 35.1 Å². The Labute approximate surface area is 229 Å². The molecule has 0 atom stereocenters. The van der Waals surface area contributed by atoms with Gasteiger partial charge >= 0.3 is 0 Å². The summed E-state index contributed by atoms with van der Waals surface area (Å²) in [6, 6.07) is 0. The first kappa shape index (κ1) is 28.3. The number of rotatable bonds is 8. The lowest BCUT2D eigenvalue weighted by molar-refractivity contribution is 0.453. The van der Waals surface area contributed by atoms with Gasteiger partial charge in [0.15, 0.2) is 50.7 Å². The molecule has 0 amide bonds. The Hall–Kier alpha value is -3.26. The quantitative estimate of drug-likeness (QED) is 0.0771. The second kappa shape index (κ2) is 11.0. The third-order valence-electron chi connectivity index (χ3n) is 6.38. The Morgan fingerprint density at radius 1 is 0.450 bits per heavy atom. The van der Waals surface area contributed by atoms with Crippen LogP contribution in [0, 0.1) is 46.5 Å². The standard InChI is InChI=1S/C26H18F8N4S2/c1-3-5-7-9-35-37-25(39-9)15-13-11(19(29)24(34)22(15)32)12-14(20(30)18(13)28)21(31)23(33)16(17(12)27)26-38-36-10(40-26)8-6-4-2/h3-8H2,1-2H3. The second-order valence-electron chi connectivity index (χ2n) is 8.97. The number of unbranched alkanes of at least 4 members (excludes halogenated alkanes) is 2. The molecule has 4 nitrogen and oxygen atoms in total. The number of nitrogens with zero attached hydrogens (tertiary/aromatic N) is 4. The topological polar surface area (TPSA) is 51.6 Å². The van der Waals surface area contributed by atoms with Gasteiger partial charge in [-0.2, -0.15) is 0 Å². The Morgan fingerprint density at radius 3 is 1.43 bits per heavy atom. The van der Waals surface area contributed by atoms with Crippen molar-refractivity contribution in [1.29, 1.82) is 0 Å². The van der Waals surface area contributed by atoms with Gasteiger partial charge in [-0.05, 0) is 12.8 Å². The monoisotopic (exact) mass is 602 g/mol. The van der Waals surface area contributed by atoms with E-state index in [0.29, 0.717) is 35.7 Å². The summed E-state index contributed by atoms with van der Waals surface area (Å²) in [7, 11) is 0. The fourth-order valence-electron chi connectivity index (χ4n) is 4.39. The Balaban J connectivity index is 1.90. The van der Waals surface area contributed by atoms with Crippen LogP contribution in [0.3, 0.4) is 0 Å². The van der Waals surface area contributed by atoms with Crippen LogP contribution in [0.2, 0.25) is 0 Å². The molecule has 0 spiro atoms. The first-order valence-electron chi connectivity index (χ1n) is 12.2. The number of aryl methyl sites for hydroxylation is 2. The van der Waals surface area contributed by atoms with Crippen LogP contribution in [-0.4, -0.2) is 20.4 Å². The highest BCUT2D eigenvalue weighted by Gasteiger charge is 2.35. The fraction of sp³-hybridized carbons (Fsp3) is 0.308. The van der Waals surface area contributed by atoms with Crippen LogP contribution in [0.1, 0.15) is 49.5 Å². The molecule has 0 N–H and O–H groups in total. The van der Waals surface area contributed by atoms with E-state index in [1.807, 2.05) is 13.8 Å². The van der Waals surface area contributed by atoms with E-state index < -0.39 is 89.2 Å². The van der Waals surface area contributed by atoms with Crippen LogP contribution in [0.4, 0.5) is 35.1 Å². The van der Waals surface area contributed by atoms with E-state index in [4.69, 9.17) is 0 Å². The Kier molecular flexibility index (Phi) is 7.75. The van der Waals surface area contributed by atoms with Crippen LogP contribution in [0.5, 0.6) is 0 Å². The molecule has 2 aromatic heterocycles. The smallest absolute Gasteiger partial charge is 0.195 e. The average Bonchev–Trinajstić information content (AvgIpc) is 3.60. The fourth-order valence-corrected chi connectivity index (χ4v) is 6.23. The average molecular weight is 603 g/mol. The maximum Gasteiger partial charge on any atom is 0.195 e. The van der Waals surface area contributed by atoms with Crippen molar-refractivity contribution in [2.75, 3.05) is 0 Å². The minimum absolute atomic E-state index is 0.354. The molecular formula is C26H18F8N4S2. The molecule has 3 aromatic carbocycles. The van der Waals surface area contributed by atoms with Crippen LogP contribution in [0.15, 0.2) is 0 Å². The van der Waals surface area contributed by atoms with Crippen molar-refractivity contribution in [3.05, 3.63) is 56.6 Å². The predicted octanol–water partition coefficient (Wildman–Crippen LogP) is 8.83. The van der Waals surface area contributed by atoms with Gasteiger partial charge in [0.05, 0.1) is 16.5 Å². The van der Waals surface area contributed by atoms with Crippen molar-refractivity contribution in [2.45, 2.75) is 52.4 Å². The number of halogens is 8. The van der Waals surface area contributed by atoms with Gasteiger partial charge in [0.25, 0.3) is 0 Å². The highest BCUT2D eigenvalue weighted by atomic mass is 32.1. The maximum atomic E-state index is 16.0. The summed E-state index contributed by atoms with van der Waals surface area (Å²) >= 11 is 1.45. The minimum atomic E-state index is -2.16. The Morgan fingerprint density at radius 2 is 0.875 bits per heavy atom. The zero-order chi connectivity index (χ0) is 28.9. The lowest BCUT2D eigenvalue weighted by Gasteiger charge is -2.16. The van der Waals surface area contributed by atoms with Crippen molar-refractivity contribution in [3.8, 4) is 21.1 Å². The number of fused-ring (bicyclic) bond motifs is 3. The van der Waals surface area contributed by atoms with E-state index in [9.17, 15) is 4.39 Å². The molecule has 210 valence electrons. The van der Waals surface area contributed by atoms with Gasteiger partial charge in [-0.3, -0.25) is 0 Å². The molecule has 0 radical (unpaired) electrons. The lowest BCUT2D eigenvalue weighted by atomic mass is 9.93. The van der Waals surface area contributed by atoms with Crippen LogP contribution in [0.25, 0.3) is 42.7 Å². The summed E-state index contributed by atoms with van der Waals surface area (Å²) in [6.07, 6.45) is 3.67. The molecule has 0 unspecified atom stereocenters. The van der Waals surface area contributed by atoms with Crippen molar-refractivity contribution >= 4 is 44.2 Å². The molecule has 5 rings (SSSR count). The zero-order valence-corrected chi connectivity index (χ0v) is 22.5. The van der Waals surface area contributed by atoms with Gasteiger partial charge in [0.2, 0.25) is 0 Å². The van der Waals surface area contributed by atoms with E-state index >= 15 is 30.7 Å². The molecule has 40 heavy (non-hydrogen) atoms. The summed E-state index contributed by atoms with van der Waals surface area (Å²) in [4.78, 5) is 0. The zero-order valence-electron chi connectivity index (χ0n) is 20.9. The van der Waals surface area contributed by atoms with Gasteiger partial charge < -0.3 is 0 Å². The van der Waals surface area contributed by atoms with Crippen molar-refractivity contribution < 1.29 is 35.1 Å². The van der Waals surface area contributed by atoms with Gasteiger partial charge in [-0.1, -0.05) is 49.4 Å². The first-order chi connectivity index (χ1) is 19.1. The lowest BCUT2D eigenvalue weighted by Crippen LogP contribution is -2.06. The normalized spacial score (nSPS) is 11.8. The molecule has 0 aliphatic rings. The van der Waals surface area contributed by atoms with E-state index in [-0.39, 0.29) is 0 Å².